The van der Waals surface area contributed by atoms with E-state index in [1.54, 1.807) is 26.8 Å². The van der Waals surface area contributed by atoms with Gasteiger partial charge in [0.05, 0.1) is 0 Å². The Hall–Kier alpha value is -2.83. The molecule has 7 heteroatoms. The lowest BCUT2D eigenvalue weighted by Gasteiger charge is -2.35. The maximum absolute atomic E-state index is 13.9. The van der Waals surface area contributed by atoms with Crippen molar-refractivity contribution in [2.45, 2.75) is 91.8 Å². The van der Waals surface area contributed by atoms with E-state index in [1.807, 2.05) is 38.1 Å². The standard InChI is InChI=1S/C28H45N3O4/c1-9-13-18-29-25(32)24(22-16-14-21(12-4)15-17-22)31(19-10-2)26(33)23(20(5)11-3)30-27(34)35-28(6,7)8/h10,14-17,20,23-24H,2,9,11-13,18-19H2,1,3-8H3,(H,29,32)(H,30,34). The number of ether oxygens (including phenoxy) is 1. The van der Waals surface area contributed by atoms with E-state index >= 15 is 0 Å². The fraction of sp³-hybridized carbons (Fsp3) is 0.607. The second-order valence-electron chi connectivity index (χ2n) is 9.93. The van der Waals surface area contributed by atoms with Gasteiger partial charge in [0.15, 0.2) is 0 Å². The minimum absolute atomic E-state index is 0.156. The maximum Gasteiger partial charge on any atom is 0.408 e. The molecule has 0 aliphatic carbocycles. The van der Waals surface area contributed by atoms with Gasteiger partial charge in [-0.1, -0.05) is 70.9 Å². The molecule has 1 rings (SSSR count). The quantitative estimate of drug-likeness (QED) is 0.297. The summed E-state index contributed by atoms with van der Waals surface area (Å²) in [5.74, 6) is -0.771. The van der Waals surface area contributed by atoms with Crippen LogP contribution < -0.4 is 10.6 Å². The van der Waals surface area contributed by atoms with Crippen molar-refractivity contribution < 1.29 is 19.1 Å². The van der Waals surface area contributed by atoms with Gasteiger partial charge in [-0.25, -0.2) is 4.79 Å². The van der Waals surface area contributed by atoms with Gasteiger partial charge in [-0.2, -0.15) is 0 Å². The monoisotopic (exact) mass is 487 g/mol. The van der Waals surface area contributed by atoms with Crippen molar-refractivity contribution in [2.24, 2.45) is 5.92 Å². The van der Waals surface area contributed by atoms with Gasteiger partial charge in [0.1, 0.15) is 17.7 Å². The third-order valence-corrected chi connectivity index (χ3v) is 5.85. The summed E-state index contributed by atoms with van der Waals surface area (Å²) < 4.78 is 5.42. The fourth-order valence-corrected chi connectivity index (χ4v) is 3.65. The van der Waals surface area contributed by atoms with E-state index in [0.717, 1.165) is 24.8 Å². The first-order chi connectivity index (χ1) is 16.5. The average Bonchev–Trinajstić information content (AvgIpc) is 2.80. The Morgan fingerprint density at radius 1 is 1.11 bits per heavy atom. The summed E-state index contributed by atoms with van der Waals surface area (Å²) in [6.07, 6.45) is 4.27. The maximum atomic E-state index is 13.9. The molecule has 1 aromatic rings. The highest BCUT2D eigenvalue weighted by atomic mass is 16.6. The van der Waals surface area contributed by atoms with Crippen LogP contribution in [0.15, 0.2) is 36.9 Å². The number of rotatable bonds is 13. The van der Waals surface area contributed by atoms with E-state index in [2.05, 4.69) is 31.1 Å². The van der Waals surface area contributed by atoms with Crippen molar-refractivity contribution >= 4 is 17.9 Å². The molecule has 0 aliphatic heterocycles. The third-order valence-electron chi connectivity index (χ3n) is 5.85. The molecular formula is C28H45N3O4. The van der Waals surface area contributed by atoms with Gasteiger partial charge in [0.2, 0.25) is 11.8 Å². The van der Waals surface area contributed by atoms with Crippen molar-refractivity contribution in [1.29, 1.82) is 0 Å². The van der Waals surface area contributed by atoms with E-state index in [0.29, 0.717) is 18.5 Å². The molecule has 0 radical (unpaired) electrons. The molecule has 7 nitrogen and oxygen atoms in total. The van der Waals surface area contributed by atoms with Crippen molar-refractivity contribution in [3.8, 4) is 0 Å². The summed E-state index contributed by atoms with van der Waals surface area (Å²) in [5.41, 5.74) is 1.16. The molecular weight excluding hydrogens is 442 g/mol. The highest BCUT2D eigenvalue weighted by molar-refractivity contribution is 5.92. The Morgan fingerprint density at radius 3 is 2.23 bits per heavy atom. The molecule has 1 aromatic carbocycles. The van der Waals surface area contributed by atoms with Crippen LogP contribution in [0.3, 0.4) is 0 Å². The van der Waals surface area contributed by atoms with E-state index in [4.69, 9.17) is 4.74 Å². The number of alkyl carbamates (subject to hydrolysis) is 1. The van der Waals surface area contributed by atoms with Gasteiger partial charge in [-0.05, 0) is 50.7 Å². The minimum Gasteiger partial charge on any atom is -0.444 e. The number of nitrogens with one attached hydrogen (secondary N) is 2. The summed E-state index contributed by atoms with van der Waals surface area (Å²) in [4.78, 5) is 41.4. The summed E-state index contributed by atoms with van der Waals surface area (Å²) in [5, 5.41) is 5.74. The Morgan fingerprint density at radius 2 is 1.74 bits per heavy atom. The third kappa shape index (κ3) is 9.74. The average molecular weight is 488 g/mol. The molecule has 3 amide bonds. The fourth-order valence-electron chi connectivity index (χ4n) is 3.65. The number of nitrogens with zero attached hydrogens (tertiary/aromatic N) is 1. The number of hydrogen-bond donors (Lipinski definition) is 2. The first-order valence-corrected chi connectivity index (χ1v) is 12.8. The number of unbranched alkanes of at least 4 members (excludes halogenated alkanes) is 1. The van der Waals surface area contributed by atoms with Crippen LogP contribution in [0.2, 0.25) is 0 Å². The molecule has 0 saturated carbocycles. The zero-order valence-electron chi connectivity index (χ0n) is 22.6. The summed E-state index contributed by atoms with van der Waals surface area (Å²) >= 11 is 0. The molecule has 0 aromatic heterocycles. The summed E-state index contributed by atoms with van der Waals surface area (Å²) in [6, 6.07) is 6.04. The highest BCUT2D eigenvalue weighted by Crippen LogP contribution is 2.25. The van der Waals surface area contributed by atoms with Gasteiger partial charge in [0.25, 0.3) is 0 Å². The van der Waals surface area contributed by atoms with Crippen LogP contribution in [0.1, 0.15) is 84.9 Å². The Bertz CT molecular complexity index is 830. The predicted octanol–water partition coefficient (Wildman–Crippen LogP) is 5.16. The number of benzene rings is 1. The summed E-state index contributed by atoms with van der Waals surface area (Å²) in [7, 11) is 0. The van der Waals surface area contributed by atoms with E-state index in [9.17, 15) is 14.4 Å². The van der Waals surface area contributed by atoms with Gasteiger partial charge in [-0.15, -0.1) is 6.58 Å². The smallest absolute Gasteiger partial charge is 0.408 e. The molecule has 0 spiro atoms. The van der Waals surface area contributed by atoms with Crippen molar-refractivity contribution in [1.82, 2.24) is 15.5 Å². The number of aryl methyl sites for hydroxylation is 1. The largest absolute Gasteiger partial charge is 0.444 e. The Labute approximate surface area is 211 Å². The molecule has 196 valence electrons. The van der Waals surface area contributed by atoms with Gasteiger partial charge in [0, 0.05) is 13.1 Å². The van der Waals surface area contributed by atoms with Crippen molar-refractivity contribution in [3.63, 3.8) is 0 Å². The van der Waals surface area contributed by atoms with Crippen molar-refractivity contribution in [3.05, 3.63) is 48.0 Å². The SMILES string of the molecule is C=CCN(C(=O)C(NC(=O)OC(C)(C)C)C(C)CC)C(C(=O)NCCCC)c1ccc(CC)cc1. The predicted molar refractivity (Wildman–Crippen MR) is 141 cm³/mol. The topological polar surface area (TPSA) is 87.7 Å². The minimum atomic E-state index is -0.852. The highest BCUT2D eigenvalue weighted by Gasteiger charge is 2.37. The van der Waals surface area contributed by atoms with Crippen LogP contribution in [0.25, 0.3) is 0 Å². The van der Waals surface area contributed by atoms with Gasteiger partial charge < -0.3 is 20.3 Å². The normalized spacial score (nSPS) is 13.8. The van der Waals surface area contributed by atoms with Crippen LogP contribution >= 0.6 is 0 Å². The van der Waals surface area contributed by atoms with Crippen LogP contribution in [0, 0.1) is 5.92 Å². The zero-order valence-corrected chi connectivity index (χ0v) is 22.6. The van der Waals surface area contributed by atoms with Crippen LogP contribution in [-0.2, 0) is 20.7 Å². The lowest BCUT2D eigenvalue weighted by atomic mass is 9.95. The number of carbonyl (C=O) groups is 3. The van der Waals surface area contributed by atoms with E-state index in [1.165, 1.54) is 4.90 Å². The van der Waals surface area contributed by atoms with Crippen LogP contribution in [0.4, 0.5) is 4.79 Å². The molecule has 0 bridgehead atoms. The van der Waals surface area contributed by atoms with Gasteiger partial charge in [-0.3, -0.25) is 9.59 Å². The lowest BCUT2D eigenvalue weighted by Crippen LogP contribution is -2.55. The molecule has 0 fully saturated rings. The Kier molecular flexibility index (Phi) is 12.5. The second-order valence-corrected chi connectivity index (χ2v) is 9.93. The lowest BCUT2D eigenvalue weighted by molar-refractivity contribution is -0.142. The number of amides is 3. The second kappa shape index (κ2) is 14.5. The van der Waals surface area contributed by atoms with Crippen molar-refractivity contribution in [2.75, 3.05) is 13.1 Å². The molecule has 35 heavy (non-hydrogen) atoms. The van der Waals surface area contributed by atoms with Gasteiger partial charge >= 0.3 is 6.09 Å². The molecule has 0 saturated heterocycles. The first-order valence-electron chi connectivity index (χ1n) is 12.8. The molecule has 0 aliphatic rings. The molecule has 3 unspecified atom stereocenters. The number of carbonyl (C=O) groups excluding carboxylic acids is 3. The van der Waals surface area contributed by atoms with Crippen LogP contribution in [-0.4, -0.2) is 47.5 Å². The summed E-state index contributed by atoms with van der Waals surface area (Å²) in [6.45, 7) is 17.8. The zero-order chi connectivity index (χ0) is 26.6. The molecule has 2 N–H and O–H groups in total. The number of hydrogen-bond acceptors (Lipinski definition) is 4. The Balaban J connectivity index is 3.42. The molecule has 0 heterocycles. The molecule has 3 atom stereocenters. The first kappa shape index (κ1) is 30.2. The van der Waals surface area contributed by atoms with Crippen LogP contribution in [0.5, 0.6) is 0 Å². The van der Waals surface area contributed by atoms with E-state index < -0.39 is 23.8 Å². The van der Waals surface area contributed by atoms with E-state index in [-0.39, 0.29) is 24.3 Å².